The van der Waals surface area contributed by atoms with Gasteiger partial charge in [0.05, 0.1) is 12.1 Å². The Morgan fingerprint density at radius 3 is 3.06 bits per heavy atom. The van der Waals surface area contributed by atoms with Crippen molar-refractivity contribution in [3.05, 3.63) is 24.0 Å². The molecule has 1 aromatic heterocycles. The van der Waals surface area contributed by atoms with Crippen molar-refractivity contribution in [3.8, 4) is 0 Å². The molecule has 0 saturated carbocycles. The van der Waals surface area contributed by atoms with Gasteiger partial charge in [-0.3, -0.25) is 9.78 Å². The number of anilines is 1. The first-order chi connectivity index (χ1) is 8.20. The Hall–Kier alpha value is -1.62. The van der Waals surface area contributed by atoms with E-state index in [9.17, 15) is 4.79 Å². The number of rotatable bonds is 3. The topological polar surface area (TPSA) is 63.2 Å². The number of nitrogens with one attached hydrogen (secondary N) is 2. The molecule has 1 aromatic rings. The number of carbonyl (C=O) groups is 1. The number of ether oxygens (including phenoxy) is 1. The molecule has 2 N–H and O–H groups in total. The van der Waals surface area contributed by atoms with Crippen molar-refractivity contribution in [1.29, 1.82) is 0 Å². The van der Waals surface area contributed by atoms with Crippen LogP contribution in [0.2, 0.25) is 0 Å². The maximum absolute atomic E-state index is 11.4. The zero-order chi connectivity index (χ0) is 12.3. The van der Waals surface area contributed by atoms with Crippen molar-refractivity contribution in [2.75, 3.05) is 19.0 Å². The van der Waals surface area contributed by atoms with Gasteiger partial charge in [-0.05, 0) is 25.5 Å². The standard InChI is InChI=1S/C12H17N3O2/c1-8-10(4-6-17-8)15-9-3-5-14-11(7-9)12(16)13-2/h3,5,7-8,10H,4,6H2,1-2H3,(H,13,16)(H,14,15). The molecular formula is C12H17N3O2. The van der Waals surface area contributed by atoms with Gasteiger partial charge >= 0.3 is 0 Å². The number of pyridine rings is 1. The van der Waals surface area contributed by atoms with Gasteiger partial charge in [-0.15, -0.1) is 0 Å². The van der Waals surface area contributed by atoms with E-state index in [1.54, 1.807) is 19.3 Å². The van der Waals surface area contributed by atoms with E-state index < -0.39 is 0 Å². The highest BCUT2D eigenvalue weighted by atomic mass is 16.5. The quantitative estimate of drug-likeness (QED) is 0.821. The Morgan fingerprint density at radius 1 is 1.59 bits per heavy atom. The summed E-state index contributed by atoms with van der Waals surface area (Å²) in [5.41, 5.74) is 1.32. The molecule has 2 rings (SSSR count). The number of amides is 1. The third-order valence-electron chi connectivity index (χ3n) is 2.95. The first-order valence-corrected chi connectivity index (χ1v) is 5.77. The van der Waals surface area contributed by atoms with Crippen LogP contribution >= 0.6 is 0 Å². The monoisotopic (exact) mass is 235 g/mol. The predicted molar refractivity (Wildman–Crippen MR) is 65.1 cm³/mol. The molecule has 0 radical (unpaired) electrons. The Balaban J connectivity index is 2.08. The van der Waals surface area contributed by atoms with E-state index in [2.05, 4.69) is 15.6 Å². The highest BCUT2D eigenvalue weighted by Crippen LogP contribution is 2.18. The first kappa shape index (κ1) is 11.9. The van der Waals surface area contributed by atoms with Crippen molar-refractivity contribution < 1.29 is 9.53 Å². The largest absolute Gasteiger partial charge is 0.380 e. The minimum Gasteiger partial charge on any atom is -0.380 e. The molecule has 92 valence electrons. The first-order valence-electron chi connectivity index (χ1n) is 5.77. The summed E-state index contributed by atoms with van der Waals surface area (Å²) in [5, 5.41) is 5.92. The Morgan fingerprint density at radius 2 is 2.41 bits per heavy atom. The van der Waals surface area contributed by atoms with Gasteiger partial charge in [-0.25, -0.2) is 0 Å². The van der Waals surface area contributed by atoms with Gasteiger partial charge in [0.15, 0.2) is 0 Å². The van der Waals surface area contributed by atoms with E-state index in [0.717, 1.165) is 18.7 Å². The van der Waals surface area contributed by atoms with Gasteiger partial charge in [-0.2, -0.15) is 0 Å². The second kappa shape index (κ2) is 5.14. The van der Waals surface area contributed by atoms with Gasteiger partial charge in [0.25, 0.3) is 5.91 Å². The summed E-state index contributed by atoms with van der Waals surface area (Å²) in [7, 11) is 1.59. The number of carbonyl (C=O) groups excluding carboxylic acids is 1. The smallest absolute Gasteiger partial charge is 0.269 e. The molecule has 1 aliphatic heterocycles. The van der Waals surface area contributed by atoms with E-state index in [-0.39, 0.29) is 12.0 Å². The molecule has 0 aliphatic carbocycles. The molecule has 2 atom stereocenters. The molecule has 0 aromatic carbocycles. The summed E-state index contributed by atoms with van der Waals surface area (Å²) in [5.74, 6) is -0.177. The lowest BCUT2D eigenvalue weighted by atomic mass is 10.1. The van der Waals surface area contributed by atoms with Gasteiger partial charge in [-0.1, -0.05) is 0 Å². The summed E-state index contributed by atoms with van der Waals surface area (Å²) in [6.07, 6.45) is 2.82. The number of hydrogen-bond donors (Lipinski definition) is 2. The molecule has 2 unspecified atom stereocenters. The van der Waals surface area contributed by atoms with Crippen molar-refractivity contribution in [3.63, 3.8) is 0 Å². The fourth-order valence-electron chi connectivity index (χ4n) is 1.91. The van der Waals surface area contributed by atoms with Crippen LogP contribution in [0.1, 0.15) is 23.8 Å². The van der Waals surface area contributed by atoms with Crippen LogP contribution in [0.3, 0.4) is 0 Å². The zero-order valence-electron chi connectivity index (χ0n) is 10.1. The third kappa shape index (κ3) is 2.74. The maximum atomic E-state index is 11.4. The molecule has 0 bridgehead atoms. The minimum atomic E-state index is -0.177. The summed E-state index contributed by atoms with van der Waals surface area (Å²) < 4.78 is 5.48. The Kier molecular flexibility index (Phi) is 3.58. The molecule has 1 aliphatic rings. The lowest BCUT2D eigenvalue weighted by Gasteiger charge is -2.17. The zero-order valence-corrected chi connectivity index (χ0v) is 10.1. The lowest BCUT2D eigenvalue weighted by molar-refractivity contribution is 0.0958. The average molecular weight is 235 g/mol. The summed E-state index contributed by atoms with van der Waals surface area (Å²) >= 11 is 0. The van der Waals surface area contributed by atoms with Gasteiger partial charge in [0, 0.05) is 25.5 Å². The van der Waals surface area contributed by atoms with Crippen LogP contribution in [0.25, 0.3) is 0 Å². The third-order valence-corrected chi connectivity index (χ3v) is 2.95. The van der Waals surface area contributed by atoms with Crippen LogP contribution in [0, 0.1) is 0 Å². The normalized spacial score (nSPS) is 23.4. The fourth-order valence-corrected chi connectivity index (χ4v) is 1.91. The van der Waals surface area contributed by atoms with Gasteiger partial charge < -0.3 is 15.4 Å². The minimum absolute atomic E-state index is 0.177. The predicted octanol–water partition coefficient (Wildman–Crippen LogP) is 1.03. The number of hydrogen-bond acceptors (Lipinski definition) is 4. The van der Waals surface area contributed by atoms with Crippen LogP contribution in [0.15, 0.2) is 18.3 Å². The van der Waals surface area contributed by atoms with Crippen LogP contribution in [0.4, 0.5) is 5.69 Å². The van der Waals surface area contributed by atoms with Crippen LogP contribution in [0.5, 0.6) is 0 Å². The van der Waals surface area contributed by atoms with E-state index in [1.807, 2.05) is 13.0 Å². The van der Waals surface area contributed by atoms with Crippen LogP contribution < -0.4 is 10.6 Å². The SMILES string of the molecule is CNC(=O)c1cc(NC2CCOC2C)ccn1. The molecule has 2 heterocycles. The highest BCUT2D eigenvalue weighted by molar-refractivity contribution is 5.92. The molecule has 17 heavy (non-hydrogen) atoms. The van der Waals surface area contributed by atoms with E-state index in [0.29, 0.717) is 11.7 Å². The van der Waals surface area contributed by atoms with Crippen LogP contribution in [-0.4, -0.2) is 36.7 Å². The van der Waals surface area contributed by atoms with Crippen molar-refractivity contribution in [1.82, 2.24) is 10.3 Å². The second-order valence-corrected chi connectivity index (χ2v) is 4.12. The Bertz CT molecular complexity index is 408. The van der Waals surface area contributed by atoms with E-state index >= 15 is 0 Å². The number of nitrogens with zero attached hydrogens (tertiary/aromatic N) is 1. The molecule has 0 spiro atoms. The summed E-state index contributed by atoms with van der Waals surface area (Å²) in [6, 6.07) is 3.91. The van der Waals surface area contributed by atoms with Crippen molar-refractivity contribution in [2.24, 2.45) is 0 Å². The van der Waals surface area contributed by atoms with E-state index in [1.165, 1.54) is 0 Å². The molecule has 5 nitrogen and oxygen atoms in total. The highest BCUT2D eigenvalue weighted by Gasteiger charge is 2.23. The lowest BCUT2D eigenvalue weighted by Crippen LogP contribution is -2.27. The molecule has 1 fully saturated rings. The summed E-state index contributed by atoms with van der Waals surface area (Å²) in [6.45, 7) is 2.83. The fraction of sp³-hybridized carbons (Fsp3) is 0.500. The van der Waals surface area contributed by atoms with E-state index in [4.69, 9.17) is 4.74 Å². The molecule has 1 saturated heterocycles. The number of aromatic nitrogens is 1. The second-order valence-electron chi connectivity index (χ2n) is 4.12. The molecule has 5 heteroatoms. The maximum Gasteiger partial charge on any atom is 0.269 e. The van der Waals surface area contributed by atoms with Crippen molar-refractivity contribution >= 4 is 11.6 Å². The van der Waals surface area contributed by atoms with Gasteiger partial charge in [0.1, 0.15) is 5.69 Å². The summed E-state index contributed by atoms with van der Waals surface area (Å²) in [4.78, 5) is 15.5. The van der Waals surface area contributed by atoms with Gasteiger partial charge in [0.2, 0.25) is 0 Å². The van der Waals surface area contributed by atoms with Crippen molar-refractivity contribution in [2.45, 2.75) is 25.5 Å². The Labute approximate surface area is 101 Å². The molecule has 1 amide bonds. The average Bonchev–Trinajstić information content (AvgIpc) is 2.74. The van der Waals surface area contributed by atoms with Crippen LogP contribution in [-0.2, 0) is 4.74 Å². The molecular weight excluding hydrogens is 218 g/mol.